The molecule has 0 spiro atoms. The molecule has 1 aliphatic heterocycles. The lowest BCUT2D eigenvalue weighted by molar-refractivity contribution is -0.144. The normalized spacial score (nSPS) is 15.1. The molecule has 0 radical (unpaired) electrons. The topological polar surface area (TPSA) is 86.8 Å². The standard InChI is InChI=1S/C20H18ClN3O4/c1-13(15-5-3-2-4-6-15)24-19(27)18(26)23(20(24)28)12-17(25)22-11-14-7-9-16(21)10-8-14/h2-10,13H,11-12H2,1H3,(H,22,25). The first-order valence-corrected chi connectivity index (χ1v) is 9.01. The van der Waals surface area contributed by atoms with Gasteiger partial charge >= 0.3 is 17.8 Å². The Labute approximate surface area is 166 Å². The minimum absolute atomic E-state index is 0.213. The van der Waals surface area contributed by atoms with Crippen LogP contribution in [0.5, 0.6) is 0 Å². The van der Waals surface area contributed by atoms with E-state index in [1.165, 1.54) is 0 Å². The maximum atomic E-state index is 12.6. The Kier molecular flexibility index (Phi) is 5.75. The van der Waals surface area contributed by atoms with E-state index >= 15 is 0 Å². The van der Waals surface area contributed by atoms with Crippen molar-refractivity contribution in [2.24, 2.45) is 0 Å². The highest BCUT2D eigenvalue weighted by Crippen LogP contribution is 2.25. The first-order chi connectivity index (χ1) is 13.4. The summed E-state index contributed by atoms with van der Waals surface area (Å²) >= 11 is 5.81. The van der Waals surface area contributed by atoms with Crippen molar-refractivity contribution in [3.8, 4) is 0 Å². The number of nitrogens with zero attached hydrogens (tertiary/aromatic N) is 2. The largest absolute Gasteiger partial charge is 0.350 e. The van der Waals surface area contributed by atoms with Gasteiger partial charge in [-0.1, -0.05) is 54.1 Å². The third-order valence-corrected chi connectivity index (χ3v) is 4.71. The number of imide groups is 2. The molecule has 28 heavy (non-hydrogen) atoms. The van der Waals surface area contributed by atoms with E-state index in [9.17, 15) is 19.2 Å². The van der Waals surface area contributed by atoms with E-state index in [0.717, 1.165) is 10.5 Å². The number of nitrogens with one attached hydrogen (secondary N) is 1. The van der Waals surface area contributed by atoms with E-state index in [4.69, 9.17) is 11.6 Å². The molecule has 0 aromatic heterocycles. The summed E-state index contributed by atoms with van der Waals surface area (Å²) in [6, 6.07) is 14.4. The molecular weight excluding hydrogens is 382 g/mol. The van der Waals surface area contributed by atoms with Crippen LogP contribution < -0.4 is 5.32 Å². The van der Waals surface area contributed by atoms with E-state index < -0.39 is 36.3 Å². The molecule has 1 atom stereocenters. The molecule has 1 saturated heterocycles. The number of urea groups is 1. The van der Waals surface area contributed by atoms with Crippen molar-refractivity contribution in [3.05, 3.63) is 70.7 Å². The van der Waals surface area contributed by atoms with Crippen LogP contribution in [0.2, 0.25) is 5.02 Å². The summed E-state index contributed by atoms with van der Waals surface area (Å²) in [6.07, 6.45) is 0. The van der Waals surface area contributed by atoms with Gasteiger partial charge in [0.2, 0.25) is 5.91 Å². The fourth-order valence-corrected chi connectivity index (χ4v) is 3.01. The number of hydrogen-bond donors (Lipinski definition) is 1. The van der Waals surface area contributed by atoms with Gasteiger partial charge in [-0.2, -0.15) is 0 Å². The third kappa shape index (κ3) is 4.04. The zero-order chi connectivity index (χ0) is 20.3. The van der Waals surface area contributed by atoms with E-state index in [1.807, 2.05) is 6.07 Å². The quantitative estimate of drug-likeness (QED) is 0.597. The van der Waals surface area contributed by atoms with Gasteiger partial charge in [0.1, 0.15) is 6.54 Å². The van der Waals surface area contributed by atoms with Gasteiger partial charge in [-0.15, -0.1) is 0 Å². The molecule has 5 amide bonds. The average molecular weight is 400 g/mol. The predicted octanol–water partition coefficient (Wildman–Crippen LogP) is 2.51. The number of hydrogen-bond acceptors (Lipinski definition) is 4. The first-order valence-electron chi connectivity index (χ1n) is 8.63. The number of carbonyl (C=O) groups is 4. The second-order valence-electron chi connectivity index (χ2n) is 6.34. The van der Waals surface area contributed by atoms with Crippen LogP contribution in [0.15, 0.2) is 54.6 Å². The Balaban J connectivity index is 1.64. The highest BCUT2D eigenvalue weighted by molar-refractivity contribution is 6.45. The lowest BCUT2D eigenvalue weighted by Gasteiger charge is -2.22. The van der Waals surface area contributed by atoms with Crippen molar-refractivity contribution in [1.29, 1.82) is 0 Å². The van der Waals surface area contributed by atoms with Gasteiger partial charge in [0.25, 0.3) is 0 Å². The number of rotatable bonds is 6. The van der Waals surface area contributed by atoms with Crippen LogP contribution in [0.3, 0.4) is 0 Å². The molecule has 7 nitrogen and oxygen atoms in total. The maximum absolute atomic E-state index is 12.6. The SMILES string of the molecule is CC(c1ccccc1)N1C(=O)C(=O)N(CC(=O)NCc2ccc(Cl)cc2)C1=O. The van der Waals surface area contributed by atoms with E-state index in [-0.39, 0.29) is 6.54 Å². The van der Waals surface area contributed by atoms with Gasteiger partial charge in [-0.25, -0.2) is 14.6 Å². The van der Waals surface area contributed by atoms with Crippen LogP contribution >= 0.6 is 11.6 Å². The smallest absolute Gasteiger partial charge is 0.335 e. The van der Waals surface area contributed by atoms with Crippen LogP contribution in [0.25, 0.3) is 0 Å². The van der Waals surface area contributed by atoms with Crippen LogP contribution in [0.1, 0.15) is 24.1 Å². The molecule has 1 unspecified atom stereocenters. The van der Waals surface area contributed by atoms with Gasteiger partial charge < -0.3 is 5.32 Å². The molecule has 0 aliphatic carbocycles. The zero-order valence-electron chi connectivity index (χ0n) is 15.1. The average Bonchev–Trinajstić information content (AvgIpc) is 2.91. The second-order valence-corrected chi connectivity index (χ2v) is 6.78. The lowest BCUT2D eigenvalue weighted by atomic mass is 10.1. The fraction of sp³-hybridized carbons (Fsp3) is 0.200. The first kappa shape index (κ1) is 19.6. The Hall–Kier alpha value is -3.19. The van der Waals surface area contributed by atoms with Crippen LogP contribution in [-0.2, 0) is 20.9 Å². The third-order valence-electron chi connectivity index (χ3n) is 4.46. The van der Waals surface area contributed by atoms with Gasteiger partial charge in [-0.3, -0.25) is 14.4 Å². The van der Waals surface area contributed by atoms with Gasteiger partial charge in [0.05, 0.1) is 6.04 Å². The Morgan fingerprint density at radius 3 is 2.29 bits per heavy atom. The molecule has 1 aliphatic rings. The highest BCUT2D eigenvalue weighted by Gasteiger charge is 2.47. The van der Waals surface area contributed by atoms with Crippen molar-refractivity contribution >= 4 is 35.4 Å². The summed E-state index contributed by atoms with van der Waals surface area (Å²) in [5.74, 6) is -2.49. The van der Waals surface area contributed by atoms with Gasteiger partial charge in [0.15, 0.2) is 0 Å². The molecule has 1 fully saturated rings. The highest BCUT2D eigenvalue weighted by atomic mass is 35.5. The van der Waals surface area contributed by atoms with Gasteiger partial charge in [0, 0.05) is 11.6 Å². The molecule has 0 saturated carbocycles. The van der Waals surface area contributed by atoms with Crippen molar-refractivity contribution in [2.75, 3.05) is 6.54 Å². The molecule has 1 heterocycles. The van der Waals surface area contributed by atoms with Crippen molar-refractivity contribution in [3.63, 3.8) is 0 Å². The summed E-state index contributed by atoms with van der Waals surface area (Å²) < 4.78 is 0. The zero-order valence-corrected chi connectivity index (χ0v) is 15.8. The molecule has 2 aromatic carbocycles. The molecule has 144 valence electrons. The summed E-state index contributed by atoms with van der Waals surface area (Å²) in [7, 11) is 0. The summed E-state index contributed by atoms with van der Waals surface area (Å²) in [4.78, 5) is 50.9. The van der Waals surface area contributed by atoms with Crippen LogP contribution in [0.4, 0.5) is 4.79 Å². The number of halogens is 1. The molecule has 1 N–H and O–H groups in total. The number of carbonyl (C=O) groups excluding carboxylic acids is 4. The Morgan fingerprint density at radius 2 is 1.64 bits per heavy atom. The van der Waals surface area contributed by atoms with Crippen molar-refractivity contribution in [2.45, 2.75) is 19.5 Å². The predicted molar refractivity (Wildman–Crippen MR) is 102 cm³/mol. The minimum Gasteiger partial charge on any atom is -0.350 e. The molecular formula is C20H18ClN3O4. The summed E-state index contributed by atoms with van der Waals surface area (Å²) in [5, 5.41) is 3.20. The fourth-order valence-electron chi connectivity index (χ4n) is 2.89. The van der Waals surface area contributed by atoms with E-state index in [2.05, 4.69) is 5.32 Å². The van der Waals surface area contributed by atoms with E-state index in [1.54, 1.807) is 55.5 Å². The molecule has 3 rings (SSSR count). The van der Waals surface area contributed by atoms with Crippen molar-refractivity contribution < 1.29 is 19.2 Å². The van der Waals surface area contributed by atoms with E-state index in [0.29, 0.717) is 15.5 Å². The molecule has 0 bridgehead atoms. The number of benzene rings is 2. The van der Waals surface area contributed by atoms with Crippen LogP contribution in [0, 0.1) is 0 Å². The lowest BCUT2D eigenvalue weighted by Crippen LogP contribution is -2.41. The van der Waals surface area contributed by atoms with Crippen LogP contribution in [-0.4, -0.2) is 40.1 Å². The Morgan fingerprint density at radius 1 is 1.00 bits per heavy atom. The molecule has 8 heteroatoms. The summed E-state index contributed by atoms with van der Waals surface area (Å²) in [5.41, 5.74) is 1.53. The second kappa shape index (κ2) is 8.22. The molecule has 2 aromatic rings. The van der Waals surface area contributed by atoms with Gasteiger partial charge in [-0.05, 0) is 30.2 Å². The monoisotopic (exact) mass is 399 g/mol. The number of amides is 5. The minimum atomic E-state index is -1.01. The maximum Gasteiger partial charge on any atom is 0.335 e. The van der Waals surface area contributed by atoms with Crippen molar-refractivity contribution in [1.82, 2.24) is 15.1 Å². The Bertz CT molecular complexity index is 915. The summed E-state index contributed by atoms with van der Waals surface area (Å²) in [6.45, 7) is 1.35.